The second-order valence-electron chi connectivity index (χ2n) is 5.76. The van der Waals surface area contributed by atoms with Gasteiger partial charge in [0, 0.05) is 35.9 Å². The lowest BCUT2D eigenvalue weighted by atomic mass is 10.1. The van der Waals surface area contributed by atoms with Gasteiger partial charge in [0.2, 0.25) is 0 Å². The molecule has 0 spiro atoms. The van der Waals surface area contributed by atoms with E-state index in [0.29, 0.717) is 18.7 Å². The number of anilines is 1. The Balaban J connectivity index is 1.95. The summed E-state index contributed by atoms with van der Waals surface area (Å²) in [5, 5.41) is 22.7. The molecule has 0 radical (unpaired) electrons. The number of H-pyrrole nitrogens is 1. The summed E-state index contributed by atoms with van der Waals surface area (Å²) in [6, 6.07) is 6.01. The minimum absolute atomic E-state index is 0.0989. The van der Waals surface area contributed by atoms with E-state index in [1.807, 2.05) is 19.9 Å². The van der Waals surface area contributed by atoms with Crippen LogP contribution in [0, 0.1) is 25.2 Å². The Morgan fingerprint density at radius 1 is 1.50 bits per heavy atom. The van der Waals surface area contributed by atoms with Crippen LogP contribution in [0.5, 0.6) is 0 Å². The van der Waals surface area contributed by atoms with Gasteiger partial charge in [-0.05, 0) is 38.0 Å². The maximum Gasteiger partial charge on any atom is 0.407 e. The Labute approximate surface area is 128 Å². The van der Waals surface area contributed by atoms with Gasteiger partial charge >= 0.3 is 6.09 Å². The molecule has 1 fully saturated rings. The number of likely N-dealkylation sites (tertiary alicyclic amines) is 1. The van der Waals surface area contributed by atoms with Crippen molar-refractivity contribution in [3.05, 3.63) is 29.0 Å². The van der Waals surface area contributed by atoms with Crippen molar-refractivity contribution < 1.29 is 9.90 Å². The molecule has 0 bridgehead atoms. The topological polar surface area (TPSA) is 92.2 Å². The van der Waals surface area contributed by atoms with E-state index in [-0.39, 0.29) is 6.04 Å². The number of nitriles is 1. The van der Waals surface area contributed by atoms with E-state index in [0.717, 1.165) is 34.3 Å². The first kappa shape index (κ1) is 14.3. The molecule has 0 aliphatic carbocycles. The molecule has 0 saturated carbocycles. The number of nitrogens with zero attached hydrogens (tertiary/aromatic N) is 2. The highest BCUT2D eigenvalue weighted by atomic mass is 16.4. The van der Waals surface area contributed by atoms with Crippen LogP contribution in [0.4, 0.5) is 10.5 Å². The standard InChI is InChI=1S/C16H18N4O2/c1-9-10(2)18-15-11(7-17)3-4-13(14(9)15)19-12-5-6-20(8-12)16(21)22/h3-4,12,18-19H,5-6,8H2,1-2H3,(H,21,22)/t12-/m0/s1. The second-order valence-corrected chi connectivity index (χ2v) is 5.76. The predicted molar refractivity (Wildman–Crippen MR) is 84.1 cm³/mol. The summed E-state index contributed by atoms with van der Waals surface area (Å²) in [6.07, 6.45) is -0.0843. The molecule has 2 heterocycles. The summed E-state index contributed by atoms with van der Waals surface area (Å²) >= 11 is 0. The van der Waals surface area contributed by atoms with Crippen LogP contribution in [-0.2, 0) is 0 Å². The molecule has 3 rings (SSSR count). The monoisotopic (exact) mass is 298 g/mol. The molecule has 1 aromatic heterocycles. The zero-order valence-corrected chi connectivity index (χ0v) is 12.6. The fourth-order valence-corrected chi connectivity index (χ4v) is 3.08. The predicted octanol–water partition coefficient (Wildman–Crippen LogP) is 2.82. The first-order valence-corrected chi connectivity index (χ1v) is 7.27. The molecule has 1 saturated heterocycles. The van der Waals surface area contributed by atoms with Crippen LogP contribution in [-0.4, -0.2) is 40.2 Å². The number of carbonyl (C=O) groups is 1. The largest absolute Gasteiger partial charge is 0.465 e. The number of hydrogen-bond donors (Lipinski definition) is 3. The van der Waals surface area contributed by atoms with E-state index in [4.69, 9.17) is 5.11 Å². The third kappa shape index (κ3) is 2.25. The van der Waals surface area contributed by atoms with E-state index in [2.05, 4.69) is 16.4 Å². The SMILES string of the molecule is Cc1[nH]c2c(C#N)ccc(N[C@H]3CCN(C(=O)O)C3)c2c1C. The Bertz CT molecular complexity index is 788. The lowest BCUT2D eigenvalue weighted by Gasteiger charge is -2.16. The molecular formula is C16H18N4O2. The van der Waals surface area contributed by atoms with Gasteiger partial charge < -0.3 is 20.3 Å². The molecule has 6 heteroatoms. The van der Waals surface area contributed by atoms with E-state index < -0.39 is 6.09 Å². The summed E-state index contributed by atoms with van der Waals surface area (Å²) in [4.78, 5) is 15.7. The number of aryl methyl sites for hydroxylation is 2. The minimum atomic E-state index is -0.872. The van der Waals surface area contributed by atoms with Crippen molar-refractivity contribution in [1.82, 2.24) is 9.88 Å². The van der Waals surface area contributed by atoms with Crippen molar-refractivity contribution in [3.8, 4) is 6.07 Å². The molecule has 114 valence electrons. The normalized spacial score (nSPS) is 17.7. The second kappa shape index (κ2) is 5.26. The third-order valence-corrected chi connectivity index (χ3v) is 4.39. The number of fused-ring (bicyclic) bond motifs is 1. The summed E-state index contributed by atoms with van der Waals surface area (Å²) in [6.45, 7) is 5.05. The van der Waals surface area contributed by atoms with Gasteiger partial charge in [0.25, 0.3) is 0 Å². The first-order chi connectivity index (χ1) is 10.5. The number of rotatable bonds is 2. The Kier molecular flexibility index (Phi) is 3.41. The van der Waals surface area contributed by atoms with Crippen molar-refractivity contribution in [1.29, 1.82) is 5.26 Å². The van der Waals surface area contributed by atoms with Crippen molar-refractivity contribution >= 4 is 22.7 Å². The summed E-state index contributed by atoms with van der Waals surface area (Å²) in [5.41, 5.74) is 4.57. The molecule has 6 nitrogen and oxygen atoms in total. The number of benzene rings is 1. The number of aromatic amines is 1. The molecule has 1 aromatic carbocycles. The first-order valence-electron chi connectivity index (χ1n) is 7.27. The number of nitrogens with one attached hydrogen (secondary N) is 2. The third-order valence-electron chi connectivity index (χ3n) is 4.39. The summed E-state index contributed by atoms with van der Waals surface area (Å²) < 4.78 is 0. The lowest BCUT2D eigenvalue weighted by Crippen LogP contribution is -2.30. The maximum atomic E-state index is 11.0. The lowest BCUT2D eigenvalue weighted by molar-refractivity contribution is 0.155. The van der Waals surface area contributed by atoms with Crippen LogP contribution >= 0.6 is 0 Å². The molecular weight excluding hydrogens is 280 g/mol. The zero-order valence-electron chi connectivity index (χ0n) is 12.6. The van der Waals surface area contributed by atoms with Crippen LogP contribution in [0.25, 0.3) is 10.9 Å². The zero-order chi connectivity index (χ0) is 15.9. The summed E-state index contributed by atoms with van der Waals surface area (Å²) in [5.74, 6) is 0. The molecule has 0 unspecified atom stereocenters. The Hall–Kier alpha value is -2.68. The van der Waals surface area contributed by atoms with Gasteiger partial charge in [0.05, 0.1) is 11.1 Å². The molecule has 1 aliphatic heterocycles. The number of carboxylic acid groups (broad SMARTS) is 1. The van der Waals surface area contributed by atoms with Crippen molar-refractivity contribution in [2.75, 3.05) is 18.4 Å². The van der Waals surface area contributed by atoms with Gasteiger partial charge in [-0.25, -0.2) is 4.79 Å². The van der Waals surface area contributed by atoms with Gasteiger partial charge in [-0.2, -0.15) is 5.26 Å². The van der Waals surface area contributed by atoms with Crippen LogP contribution in [0.15, 0.2) is 12.1 Å². The highest BCUT2D eigenvalue weighted by Crippen LogP contribution is 2.32. The fourth-order valence-electron chi connectivity index (χ4n) is 3.08. The summed E-state index contributed by atoms with van der Waals surface area (Å²) in [7, 11) is 0. The minimum Gasteiger partial charge on any atom is -0.465 e. The molecule has 1 amide bonds. The fraction of sp³-hybridized carbons (Fsp3) is 0.375. The molecule has 1 aliphatic rings. The van der Waals surface area contributed by atoms with Crippen molar-refractivity contribution in [3.63, 3.8) is 0 Å². The van der Waals surface area contributed by atoms with Crippen LogP contribution in [0.3, 0.4) is 0 Å². The maximum absolute atomic E-state index is 11.0. The van der Waals surface area contributed by atoms with Gasteiger partial charge in [0.1, 0.15) is 6.07 Å². The molecule has 2 aromatic rings. The average Bonchev–Trinajstić information content (AvgIpc) is 3.06. The van der Waals surface area contributed by atoms with E-state index in [1.54, 1.807) is 6.07 Å². The van der Waals surface area contributed by atoms with Gasteiger partial charge in [-0.3, -0.25) is 0 Å². The molecule has 3 N–H and O–H groups in total. The van der Waals surface area contributed by atoms with Gasteiger partial charge in [-0.15, -0.1) is 0 Å². The number of amides is 1. The van der Waals surface area contributed by atoms with Crippen LogP contribution in [0.1, 0.15) is 23.2 Å². The van der Waals surface area contributed by atoms with E-state index in [1.165, 1.54) is 4.90 Å². The van der Waals surface area contributed by atoms with Crippen molar-refractivity contribution in [2.24, 2.45) is 0 Å². The van der Waals surface area contributed by atoms with Gasteiger partial charge in [-0.1, -0.05) is 0 Å². The van der Waals surface area contributed by atoms with Crippen molar-refractivity contribution in [2.45, 2.75) is 26.3 Å². The van der Waals surface area contributed by atoms with Crippen LogP contribution in [0.2, 0.25) is 0 Å². The van der Waals surface area contributed by atoms with E-state index in [9.17, 15) is 10.1 Å². The van der Waals surface area contributed by atoms with Gasteiger partial charge in [0.15, 0.2) is 0 Å². The Morgan fingerprint density at radius 2 is 2.27 bits per heavy atom. The number of aromatic nitrogens is 1. The molecule has 22 heavy (non-hydrogen) atoms. The highest BCUT2D eigenvalue weighted by Gasteiger charge is 2.26. The molecule has 1 atom stereocenters. The quantitative estimate of drug-likeness (QED) is 0.795. The van der Waals surface area contributed by atoms with E-state index >= 15 is 0 Å². The van der Waals surface area contributed by atoms with Crippen LogP contribution < -0.4 is 5.32 Å². The highest BCUT2D eigenvalue weighted by molar-refractivity contribution is 5.99. The number of hydrogen-bond acceptors (Lipinski definition) is 3. The smallest absolute Gasteiger partial charge is 0.407 e. The average molecular weight is 298 g/mol. The Morgan fingerprint density at radius 3 is 2.91 bits per heavy atom.